The van der Waals surface area contributed by atoms with Crippen molar-refractivity contribution in [2.45, 2.75) is 44.6 Å². The molecule has 20 heavy (non-hydrogen) atoms. The van der Waals surface area contributed by atoms with Crippen LogP contribution in [0.5, 0.6) is 0 Å². The molecule has 1 aliphatic carbocycles. The number of hydrogen-bond donors (Lipinski definition) is 0. The summed E-state index contributed by atoms with van der Waals surface area (Å²) in [7, 11) is 4.31. The van der Waals surface area contributed by atoms with Crippen molar-refractivity contribution in [3.8, 4) is 0 Å². The highest BCUT2D eigenvalue weighted by Gasteiger charge is 2.19. The van der Waals surface area contributed by atoms with Crippen LogP contribution in [0.2, 0.25) is 0 Å². The summed E-state index contributed by atoms with van der Waals surface area (Å²) in [4.78, 5) is 2.27. The lowest BCUT2D eigenvalue weighted by Crippen LogP contribution is -2.13. The van der Waals surface area contributed by atoms with Gasteiger partial charge in [0.2, 0.25) is 0 Å². The maximum atomic E-state index is 2.56. The Balaban J connectivity index is 1.87. The minimum atomic E-state index is 0.738. The van der Waals surface area contributed by atoms with E-state index >= 15 is 0 Å². The van der Waals surface area contributed by atoms with Gasteiger partial charge in [0.05, 0.1) is 0 Å². The average Bonchev–Trinajstić information content (AvgIpc) is 3.06. The van der Waals surface area contributed by atoms with Crippen molar-refractivity contribution in [3.63, 3.8) is 0 Å². The highest BCUT2D eigenvalue weighted by molar-refractivity contribution is 5.84. The Kier molecular flexibility index (Phi) is 4.11. The SMILES string of the molecule is CN(C)CCCc1cn(C2CCCC2)c2ccccc12. The van der Waals surface area contributed by atoms with Gasteiger partial charge in [-0.3, -0.25) is 0 Å². The van der Waals surface area contributed by atoms with Crippen LogP contribution in [-0.4, -0.2) is 30.1 Å². The molecule has 1 aliphatic rings. The van der Waals surface area contributed by atoms with Gasteiger partial charge in [-0.15, -0.1) is 0 Å². The topological polar surface area (TPSA) is 8.17 Å². The second-order valence-electron chi connectivity index (χ2n) is 6.42. The number of rotatable bonds is 5. The predicted octanol–water partition coefficient (Wildman–Crippen LogP) is 4.25. The molecule has 0 N–H and O–H groups in total. The molecule has 0 radical (unpaired) electrons. The first-order valence-corrected chi connectivity index (χ1v) is 7.99. The highest BCUT2D eigenvalue weighted by atomic mass is 15.0. The van der Waals surface area contributed by atoms with Crippen molar-refractivity contribution in [3.05, 3.63) is 36.0 Å². The zero-order valence-corrected chi connectivity index (χ0v) is 12.8. The summed E-state index contributed by atoms with van der Waals surface area (Å²) in [6.07, 6.45) is 10.4. The Morgan fingerprint density at radius 2 is 1.90 bits per heavy atom. The fourth-order valence-electron chi connectivity index (χ4n) is 3.55. The van der Waals surface area contributed by atoms with E-state index in [0.29, 0.717) is 0 Å². The lowest BCUT2D eigenvalue weighted by molar-refractivity contribution is 0.400. The summed E-state index contributed by atoms with van der Waals surface area (Å²) in [6, 6.07) is 9.69. The zero-order valence-electron chi connectivity index (χ0n) is 12.8. The molecule has 0 bridgehead atoms. The second kappa shape index (κ2) is 6.01. The summed E-state index contributed by atoms with van der Waals surface area (Å²) >= 11 is 0. The van der Waals surface area contributed by atoms with Crippen molar-refractivity contribution in [1.29, 1.82) is 0 Å². The van der Waals surface area contributed by atoms with Crippen LogP contribution < -0.4 is 0 Å². The van der Waals surface area contributed by atoms with Crippen LogP contribution in [0, 0.1) is 0 Å². The minimum absolute atomic E-state index is 0.738. The lowest BCUT2D eigenvalue weighted by atomic mass is 10.1. The number of fused-ring (bicyclic) bond motifs is 1. The Morgan fingerprint density at radius 1 is 1.15 bits per heavy atom. The summed E-state index contributed by atoms with van der Waals surface area (Å²) in [5.41, 5.74) is 2.98. The van der Waals surface area contributed by atoms with Crippen molar-refractivity contribution < 1.29 is 0 Å². The molecule has 1 aromatic heterocycles. The van der Waals surface area contributed by atoms with Gasteiger partial charge in [0, 0.05) is 23.1 Å². The van der Waals surface area contributed by atoms with Gasteiger partial charge >= 0.3 is 0 Å². The molecule has 3 rings (SSSR count). The number of hydrogen-bond acceptors (Lipinski definition) is 1. The van der Waals surface area contributed by atoms with E-state index in [1.165, 1.54) is 61.5 Å². The maximum Gasteiger partial charge on any atom is 0.0485 e. The van der Waals surface area contributed by atoms with Crippen LogP contribution in [0.15, 0.2) is 30.5 Å². The molecule has 1 aromatic carbocycles. The molecule has 108 valence electrons. The van der Waals surface area contributed by atoms with Crippen LogP contribution in [0.25, 0.3) is 10.9 Å². The van der Waals surface area contributed by atoms with Gasteiger partial charge < -0.3 is 9.47 Å². The standard InChI is InChI=1S/C18H26N2/c1-19(2)13-7-8-15-14-20(16-9-3-4-10-16)18-12-6-5-11-17(15)18/h5-6,11-12,14,16H,3-4,7-10,13H2,1-2H3. The lowest BCUT2D eigenvalue weighted by Gasteiger charge is -2.13. The minimum Gasteiger partial charge on any atom is -0.344 e. The Hall–Kier alpha value is -1.28. The highest BCUT2D eigenvalue weighted by Crippen LogP contribution is 2.34. The van der Waals surface area contributed by atoms with E-state index in [9.17, 15) is 0 Å². The van der Waals surface area contributed by atoms with Gasteiger partial charge in [0.25, 0.3) is 0 Å². The Morgan fingerprint density at radius 3 is 2.65 bits per heavy atom. The number of aromatic nitrogens is 1. The average molecular weight is 270 g/mol. The third kappa shape index (κ3) is 2.76. The second-order valence-corrected chi connectivity index (χ2v) is 6.42. The Labute approximate surface area is 122 Å². The van der Waals surface area contributed by atoms with Gasteiger partial charge in [-0.05, 0) is 58.0 Å². The quantitative estimate of drug-likeness (QED) is 0.788. The molecule has 0 spiro atoms. The van der Waals surface area contributed by atoms with Crippen LogP contribution in [0.3, 0.4) is 0 Å². The van der Waals surface area contributed by atoms with Gasteiger partial charge in [-0.25, -0.2) is 0 Å². The smallest absolute Gasteiger partial charge is 0.0485 e. The summed E-state index contributed by atoms with van der Waals surface area (Å²) in [5, 5.41) is 1.47. The largest absolute Gasteiger partial charge is 0.344 e. The van der Waals surface area contributed by atoms with Gasteiger partial charge in [0.1, 0.15) is 0 Å². The molecule has 0 saturated heterocycles. The first-order valence-electron chi connectivity index (χ1n) is 7.99. The van der Waals surface area contributed by atoms with E-state index in [1.807, 2.05) is 0 Å². The van der Waals surface area contributed by atoms with E-state index in [2.05, 4.69) is 54.0 Å². The molecular formula is C18H26N2. The van der Waals surface area contributed by atoms with E-state index in [0.717, 1.165) is 6.04 Å². The fourth-order valence-corrected chi connectivity index (χ4v) is 3.55. The van der Waals surface area contributed by atoms with Crippen LogP contribution in [-0.2, 0) is 6.42 Å². The molecule has 2 aromatic rings. The molecular weight excluding hydrogens is 244 g/mol. The molecule has 0 atom stereocenters. The Bertz CT molecular complexity index is 562. The van der Waals surface area contributed by atoms with Crippen molar-refractivity contribution >= 4 is 10.9 Å². The van der Waals surface area contributed by atoms with E-state index in [-0.39, 0.29) is 0 Å². The number of para-hydroxylation sites is 1. The predicted molar refractivity (Wildman–Crippen MR) is 86.3 cm³/mol. The van der Waals surface area contributed by atoms with E-state index in [4.69, 9.17) is 0 Å². The van der Waals surface area contributed by atoms with Crippen LogP contribution >= 0.6 is 0 Å². The van der Waals surface area contributed by atoms with Crippen molar-refractivity contribution in [2.24, 2.45) is 0 Å². The van der Waals surface area contributed by atoms with Crippen LogP contribution in [0.1, 0.15) is 43.7 Å². The monoisotopic (exact) mass is 270 g/mol. The molecule has 2 nitrogen and oxygen atoms in total. The van der Waals surface area contributed by atoms with E-state index in [1.54, 1.807) is 0 Å². The third-order valence-electron chi connectivity index (χ3n) is 4.59. The number of aryl methyl sites for hydroxylation is 1. The number of nitrogens with zero attached hydrogens (tertiary/aromatic N) is 2. The molecule has 0 aliphatic heterocycles. The molecule has 1 saturated carbocycles. The van der Waals surface area contributed by atoms with Crippen molar-refractivity contribution in [1.82, 2.24) is 9.47 Å². The number of benzene rings is 1. The summed E-state index contributed by atoms with van der Waals surface area (Å²) in [5.74, 6) is 0. The van der Waals surface area contributed by atoms with Crippen LogP contribution in [0.4, 0.5) is 0 Å². The molecule has 0 unspecified atom stereocenters. The summed E-state index contributed by atoms with van der Waals surface area (Å²) < 4.78 is 2.56. The molecule has 0 amide bonds. The van der Waals surface area contributed by atoms with Crippen molar-refractivity contribution in [2.75, 3.05) is 20.6 Å². The summed E-state index contributed by atoms with van der Waals surface area (Å²) in [6.45, 7) is 1.17. The zero-order chi connectivity index (χ0) is 13.9. The fraction of sp³-hybridized carbons (Fsp3) is 0.556. The maximum absolute atomic E-state index is 2.56. The third-order valence-corrected chi connectivity index (χ3v) is 4.59. The molecule has 1 heterocycles. The first kappa shape index (κ1) is 13.7. The molecule has 1 fully saturated rings. The molecule has 2 heteroatoms. The van der Waals surface area contributed by atoms with Gasteiger partial charge in [-0.2, -0.15) is 0 Å². The van der Waals surface area contributed by atoms with E-state index < -0.39 is 0 Å². The normalized spacial score (nSPS) is 16.6. The van der Waals surface area contributed by atoms with Gasteiger partial charge in [0.15, 0.2) is 0 Å². The first-order chi connectivity index (χ1) is 9.75. The van der Waals surface area contributed by atoms with Gasteiger partial charge in [-0.1, -0.05) is 31.0 Å².